The van der Waals surface area contributed by atoms with Crippen LogP contribution >= 0.6 is 0 Å². The van der Waals surface area contributed by atoms with Crippen molar-refractivity contribution in [3.63, 3.8) is 0 Å². The third-order valence-electron chi connectivity index (χ3n) is 4.52. The van der Waals surface area contributed by atoms with Crippen molar-refractivity contribution in [1.82, 2.24) is 0 Å². The lowest BCUT2D eigenvalue weighted by Gasteiger charge is -2.24. The summed E-state index contributed by atoms with van der Waals surface area (Å²) in [5.74, 6) is -4.45. The second kappa shape index (κ2) is 6.36. The Kier molecular flexibility index (Phi) is 4.41. The van der Waals surface area contributed by atoms with Crippen LogP contribution in [-0.2, 0) is 22.6 Å². The molecule has 0 saturated heterocycles. The average Bonchev–Trinajstić information content (AvgIpc) is 2.91. The Morgan fingerprint density at radius 1 is 1.21 bits per heavy atom. The van der Waals surface area contributed by atoms with Crippen LogP contribution in [0.25, 0.3) is 11.1 Å². The van der Waals surface area contributed by atoms with E-state index in [0.717, 1.165) is 23.1 Å². The van der Waals surface area contributed by atoms with E-state index in [4.69, 9.17) is 10.5 Å². The number of benzene rings is 2. The van der Waals surface area contributed by atoms with Gasteiger partial charge in [-0.1, -0.05) is 49.4 Å². The first-order valence-electron chi connectivity index (χ1n) is 8.01. The highest BCUT2D eigenvalue weighted by molar-refractivity contribution is 5.78. The molecule has 24 heavy (non-hydrogen) atoms. The highest BCUT2D eigenvalue weighted by Crippen LogP contribution is 2.38. The minimum Gasteiger partial charge on any atom is -0.460 e. The molecular formula is C19H21NO4. The van der Waals surface area contributed by atoms with Gasteiger partial charge in [-0.2, -0.15) is 0 Å². The number of nitrogens with two attached hydrogens (primary N) is 1. The molecule has 1 atom stereocenters. The highest BCUT2D eigenvalue weighted by atomic mass is 16.6. The van der Waals surface area contributed by atoms with Gasteiger partial charge in [0.05, 0.1) is 0 Å². The number of carbonyl (C=O) groups is 1. The van der Waals surface area contributed by atoms with Gasteiger partial charge in [0, 0.05) is 0 Å². The summed E-state index contributed by atoms with van der Waals surface area (Å²) in [6.07, 6.45) is 0.984. The maximum absolute atomic E-state index is 12.1. The maximum atomic E-state index is 12.1. The van der Waals surface area contributed by atoms with Gasteiger partial charge in [-0.05, 0) is 40.7 Å². The molecule has 1 unspecified atom stereocenters. The summed E-state index contributed by atoms with van der Waals surface area (Å²) < 4.78 is 5.29. The molecule has 0 aromatic heterocycles. The number of hydrogen-bond donors (Lipinski definition) is 3. The summed E-state index contributed by atoms with van der Waals surface area (Å²) in [7, 11) is 0. The molecule has 4 N–H and O–H groups in total. The van der Waals surface area contributed by atoms with Gasteiger partial charge in [0.2, 0.25) is 5.91 Å². The quantitative estimate of drug-likeness (QED) is 0.492. The van der Waals surface area contributed by atoms with E-state index in [9.17, 15) is 15.0 Å². The van der Waals surface area contributed by atoms with Crippen LogP contribution in [-0.4, -0.2) is 22.1 Å². The van der Waals surface area contributed by atoms with Gasteiger partial charge in [0.15, 0.2) is 0 Å². The third-order valence-corrected chi connectivity index (χ3v) is 4.52. The van der Waals surface area contributed by atoms with Crippen molar-refractivity contribution >= 4 is 5.97 Å². The lowest BCUT2D eigenvalue weighted by atomic mass is 10.0. The smallest absolute Gasteiger partial charge is 0.316 e. The molecule has 0 amide bonds. The number of fused-ring (bicyclic) bond motifs is 3. The molecule has 0 saturated carbocycles. The molecule has 1 aliphatic rings. The molecule has 3 rings (SSSR count). The third kappa shape index (κ3) is 3.06. The zero-order chi connectivity index (χ0) is 17.3. The topological polar surface area (TPSA) is 92.8 Å². The minimum absolute atomic E-state index is 0.0859. The number of esters is 1. The zero-order valence-corrected chi connectivity index (χ0v) is 13.5. The average molecular weight is 327 g/mol. The van der Waals surface area contributed by atoms with Crippen LogP contribution in [0.3, 0.4) is 0 Å². The Balaban J connectivity index is 1.78. The van der Waals surface area contributed by atoms with Gasteiger partial charge in [-0.25, -0.2) is 0 Å². The molecule has 5 nitrogen and oxygen atoms in total. The molecule has 126 valence electrons. The van der Waals surface area contributed by atoms with Gasteiger partial charge in [-0.15, -0.1) is 0 Å². The molecule has 2 aromatic carbocycles. The second-order valence-electron chi connectivity index (χ2n) is 6.13. The fourth-order valence-corrected chi connectivity index (χ4v) is 3.25. The SMILES string of the molecule is CCC(C(=O)OCc1cccc2c1Cc1ccccc1-2)C(N)(O)O. The van der Waals surface area contributed by atoms with Crippen LogP contribution in [0.4, 0.5) is 0 Å². The fourth-order valence-electron chi connectivity index (χ4n) is 3.25. The number of hydrogen-bond acceptors (Lipinski definition) is 5. The summed E-state index contributed by atoms with van der Waals surface area (Å²) in [4.78, 5) is 12.1. The van der Waals surface area contributed by atoms with Crippen LogP contribution in [0.2, 0.25) is 0 Å². The number of rotatable bonds is 5. The molecular weight excluding hydrogens is 306 g/mol. The number of carbonyl (C=O) groups excluding carboxylic acids is 1. The van der Waals surface area contributed by atoms with E-state index in [1.165, 1.54) is 11.1 Å². The largest absolute Gasteiger partial charge is 0.460 e. The van der Waals surface area contributed by atoms with Crippen molar-refractivity contribution < 1.29 is 19.7 Å². The molecule has 2 aromatic rings. The predicted molar refractivity (Wildman–Crippen MR) is 89.6 cm³/mol. The van der Waals surface area contributed by atoms with Crippen molar-refractivity contribution in [3.8, 4) is 11.1 Å². The standard InChI is InChI=1S/C19H21NO4/c1-2-17(19(20,22)23)18(21)24-11-13-7-5-9-15-14-8-4-3-6-12(14)10-16(13)15/h3-9,17,22-23H,2,10-11,20H2,1H3. The van der Waals surface area contributed by atoms with Crippen molar-refractivity contribution in [1.29, 1.82) is 0 Å². The van der Waals surface area contributed by atoms with E-state index >= 15 is 0 Å². The van der Waals surface area contributed by atoms with Crippen LogP contribution in [0.5, 0.6) is 0 Å². The molecule has 0 bridgehead atoms. The maximum Gasteiger partial charge on any atom is 0.316 e. The summed E-state index contributed by atoms with van der Waals surface area (Å²) in [6, 6.07) is 14.1. The lowest BCUT2D eigenvalue weighted by Crippen LogP contribution is -2.50. The van der Waals surface area contributed by atoms with Crippen molar-refractivity contribution in [3.05, 3.63) is 59.2 Å². The van der Waals surface area contributed by atoms with E-state index in [1.807, 2.05) is 24.3 Å². The molecule has 0 spiro atoms. The van der Waals surface area contributed by atoms with Gasteiger partial charge < -0.3 is 14.9 Å². The van der Waals surface area contributed by atoms with Gasteiger partial charge >= 0.3 is 5.97 Å². The van der Waals surface area contributed by atoms with Crippen molar-refractivity contribution in [2.45, 2.75) is 32.3 Å². The zero-order valence-electron chi connectivity index (χ0n) is 13.5. The Morgan fingerprint density at radius 3 is 2.62 bits per heavy atom. The Hall–Kier alpha value is -2.21. The molecule has 1 aliphatic carbocycles. The van der Waals surface area contributed by atoms with E-state index in [0.29, 0.717) is 0 Å². The van der Waals surface area contributed by atoms with Gasteiger partial charge in [-0.3, -0.25) is 10.5 Å². The molecule has 0 aliphatic heterocycles. The highest BCUT2D eigenvalue weighted by Gasteiger charge is 2.36. The number of ether oxygens (including phenoxy) is 1. The first kappa shape index (κ1) is 16.6. The van der Waals surface area contributed by atoms with Crippen LogP contribution in [0.15, 0.2) is 42.5 Å². The van der Waals surface area contributed by atoms with Crippen LogP contribution < -0.4 is 5.73 Å². The van der Waals surface area contributed by atoms with E-state index in [2.05, 4.69) is 18.2 Å². The van der Waals surface area contributed by atoms with E-state index < -0.39 is 17.8 Å². The molecule has 0 heterocycles. The van der Waals surface area contributed by atoms with Gasteiger partial charge in [0.25, 0.3) is 0 Å². The Morgan fingerprint density at radius 2 is 1.92 bits per heavy atom. The van der Waals surface area contributed by atoms with Gasteiger partial charge in [0.1, 0.15) is 12.5 Å². The first-order chi connectivity index (χ1) is 11.4. The van der Waals surface area contributed by atoms with Crippen LogP contribution in [0.1, 0.15) is 30.0 Å². The molecule has 0 radical (unpaired) electrons. The minimum atomic E-state index is -2.57. The summed E-state index contributed by atoms with van der Waals surface area (Å²) in [5, 5.41) is 18.9. The molecule has 0 fully saturated rings. The van der Waals surface area contributed by atoms with Crippen molar-refractivity contribution in [2.24, 2.45) is 11.7 Å². The number of aliphatic hydroxyl groups is 2. The van der Waals surface area contributed by atoms with E-state index in [1.54, 1.807) is 6.92 Å². The summed E-state index contributed by atoms with van der Waals surface area (Å²) in [5.41, 5.74) is 10.9. The van der Waals surface area contributed by atoms with Crippen molar-refractivity contribution in [2.75, 3.05) is 0 Å². The van der Waals surface area contributed by atoms with Crippen LogP contribution in [0, 0.1) is 5.92 Å². The predicted octanol–water partition coefficient (Wildman–Crippen LogP) is 1.92. The lowest BCUT2D eigenvalue weighted by molar-refractivity contribution is -0.210. The van der Waals surface area contributed by atoms with E-state index in [-0.39, 0.29) is 13.0 Å². The summed E-state index contributed by atoms with van der Waals surface area (Å²) in [6.45, 7) is 1.74. The summed E-state index contributed by atoms with van der Waals surface area (Å²) >= 11 is 0. The second-order valence-corrected chi connectivity index (χ2v) is 6.13. The monoisotopic (exact) mass is 327 g/mol. The molecule has 5 heteroatoms. The Labute approximate surface area is 140 Å². The normalized spacial score (nSPS) is 14.0. The Bertz CT molecular complexity index is 764. The fraction of sp³-hybridized carbons (Fsp3) is 0.316. The first-order valence-corrected chi connectivity index (χ1v) is 8.01.